The molecular formula is C25H18N8Pt. The zero-order valence-corrected chi connectivity index (χ0v) is 20.6. The Kier molecular flexibility index (Phi) is 5.54. The van der Waals surface area contributed by atoms with E-state index in [-0.39, 0.29) is 21.1 Å². The van der Waals surface area contributed by atoms with Gasteiger partial charge in [-0.05, 0) is 37.0 Å². The average molecular weight is 626 g/mol. The zero-order chi connectivity index (χ0) is 22.4. The number of nitrogens with zero attached hydrogens (tertiary/aromatic N) is 8. The second-order valence-electron chi connectivity index (χ2n) is 8.17. The molecule has 0 aromatic carbocycles. The smallest absolute Gasteiger partial charge is 0.410 e. The van der Waals surface area contributed by atoms with Gasteiger partial charge in [0.2, 0.25) is 0 Å². The molecule has 6 heterocycles. The largest absolute Gasteiger partial charge is 2.00 e. The van der Waals surface area contributed by atoms with Gasteiger partial charge in [0.25, 0.3) is 0 Å². The standard InChI is InChI=1S/C25H18N8.Pt/c1-25(2,19-9-3-11-21(30-19)32-15-28-23-17(32)7-5-13-26-23)20-10-4-12-22(31-20)33-16-29-24-18(33)8-6-14-27-24;/h3-14H,1-2H3;/q-2;+2. The maximum atomic E-state index is 4.94. The van der Waals surface area contributed by atoms with Gasteiger partial charge in [0.15, 0.2) is 0 Å². The summed E-state index contributed by atoms with van der Waals surface area (Å²) in [7, 11) is 0. The van der Waals surface area contributed by atoms with Crippen molar-refractivity contribution in [1.82, 2.24) is 39.0 Å². The molecule has 168 valence electrons. The average Bonchev–Trinajstić information content (AvgIpc) is 3.49. The Bertz CT molecular complexity index is 1500. The van der Waals surface area contributed by atoms with Crippen LogP contribution in [0.3, 0.4) is 0 Å². The molecule has 0 fully saturated rings. The minimum Gasteiger partial charge on any atom is -0.410 e. The quantitative estimate of drug-likeness (QED) is 0.277. The van der Waals surface area contributed by atoms with Crippen LogP contribution in [0.2, 0.25) is 0 Å². The van der Waals surface area contributed by atoms with Crippen molar-refractivity contribution in [2.24, 2.45) is 0 Å². The summed E-state index contributed by atoms with van der Waals surface area (Å²) in [4.78, 5) is 27.0. The molecule has 0 atom stereocenters. The van der Waals surface area contributed by atoms with E-state index in [1.54, 1.807) is 12.4 Å². The van der Waals surface area contributed by atoms with Gasteiger partial charge >= 0.3 is 21.1 Å². The van der Waals surface area contributed by atoms with E-state index >= 15 is 0 Å². The second-order valence-corrected chi connectivity index (χ2v) is 8.17. The first-order valence-electron chi connectivity index (χ1n) is 10.5. The number of hydrogen-bond acceptors (Lipinski definition) is 6. The Balaban J connectivity index is 0.00000241. The van der Waals surface area contributed by atoms with Crippen molar-refractivity contribution in [1.29, 1.82) is 0 Å². The molecule has 8 nitrogen and oxygen atoms in total. The first kappa shape index (κ1) is 22.0. The van der Waals surface area contributed by atoms with Gasteiger partial charge in [-0.2, -0.15) is 0 Å². The number of imidazole rings is 2. The van der Waals surface area contributed by atoms with E-state index in [2.05, 4.69) is 46.4 Å². The molecule has 34 heavy (non-hydrogen) atoms. The van der Waals surface area contributed by atoms with Gasteiger partial charge in [-0.25, -0.2) is 0 Å². The van der Waals surface area contributed by atoms with E-state index in [0.717, 1.165) is 34.1 Å². The van der Waals surface area contributed by atoms with E-state index in [9.17, 15) is 0 Å². The van der Waals surface area contributed by atoms with Crippen molar-refractivity contribution in [3.63, 3.8) is 0 Å². The monoisotopic (exact) mass is 625 g/mol. The van der Waals surface area contributed by atoms with Gasteiger partial charge in [-0.3, -0.25) is 19.9 Å². The van der Waals surface area contributed by atoms with Gasteiger partial charge in [-0.1, -0.05) is 48.5 Å². The van der Waals surface area contributed by atoms with E-state index in [4.69, 9.17) is 9.97 Å². The number of hydrogen-bond donors (Lipinski definition) is 0. The van der Waals surface area contributed by atoms with Crippen molar-refractivity contribution in [2.45, 2.75) is 19.3 Å². The van der Waals surface area contributed by atoms with Crippen molar-refractivity contribution in [3.8, 4) is 11.6 Å². The third kappa shape index (κ3) is 3.60. The maximum absolute atomic E-state index is 4.94. The van der Waals surface area contributed by atoms with Crippen molar-refractivity contribution < 1.29 is 21.1 Å². The fraction of sp³-hybridized carbons (Fsp3) is 0.120. The molecule has 6 aromatic heterocycles. The third-order valence-electron chi connectivity index (χ3n) is 5.73. The van der Waals surface area contributed by atoms with Crippen LogP contribution in [0.5, 0.6) is 0 Å². The molecule has 0 aliphatic heterocycles. The SMILES string of the molecule is CC(C)(c1cccc(-n2[c-]nc3ncccc32)n1)c1cccc(-n2[c-]nc3ncccc32)n1.[Pt+2]. The van der Waals surface area contributed by atoms with Gasteiger partial charge in [0, 0.05) is 41.9 Å². The van der Waals surface area contributed by atoms with E-state index < -0.39 is 5.41 Å². The number of rotatable bonds is 4. The van der Waals surface area contributed by atoms with E-state index in [1.807, 2.05) is 69.8 Å². The molecule has 0 saturated carbocycles. The van der Waals surface area contributed by atoms with Crippen LogP contribution in [0.1, 0.15) is 25.2 Å². The Morgan fingerprint density at radius 3 is 1.59 bits per heavy atom. The van der Waals surface area contributed by atoms with Gasteiger partial charge in [-0.15, -0.1) is 0 Å². The second kappa shape index (κ2) is 8.54. The van der Waals surface area contributed by atoms with Gasteiger partial charge in [0.05, 0.1) is 22.9 Å². The molecule has 0 aliphatic carbocycles. The van der Waals surface area contributed by atoms with Gasteiger partial charge < -0.3 is 19.1 Å². The summed E-state index contributed by atoms with van der Waals surface area (Å²) in [6.07, 6.45) is 9.43. The molecule has 0 radical (unpaired) electrons. The number of aromatic nitrogens is 8. The Morgan fingerprint density at radius 2 is 1.12 bits per heavy atom. The molecule has 0 spiro atoms. The fourth-order valence-electron chi connectivity index (χ4n) is 3.87. The summed E-state index contributed by atoms with van der Waals surface area (Å²) in [6.45, 7) is 4.22. The third-order valence-corrected chi connectivity index (χ3v) is 5.73. The van der Waals surface area contributed by atoms with Crippen LogP contribution in [0.25, 0.3) is 34.0 Å². The van der Waals surface area contributed by atoms with Crippen molar-refractivity contribution in [3.05, 3.63) is 97.1 Å². The first-order valence-corrected chi connectivity index (χ1v) is 10.5. The molecule has 6 aromatic rings. The van der Waals surface area contributed by atoms with Crippen LogP contribution in [-0.2, 0) is 26.5 Å². The summed E-state index contributed by atoms with van der Waals surface area (Å²) >= 11 is 0. The molecule has 0 bridgehead atoms. The van der Waals surface area contributed by atoms with E-state index in [1.165, 1.54) is 0 Å². The Morgan fingerprint density at radius 1 is 0.647 bits per heavy atom. The fourth-order valence-corrected chi connectivity index (χ4v) is 3.87. The maximum Gasteiger partial charge on any atom is 2.00 e. The zero-order valence-electron chi connectivity index (χ0n) is 18.3. The summed E-state index contributed by atoms with van der Waals surface area (Å²) in [5.41, 5.74) is 4.28. The number of fused-ring (bicyclic) bond motifs is 2. The van der Waals surface area contributed by atoms with Crippen LogP contribution in [0.15, 0.2) is 73.1 Å². The molecule has 0 amide bonds. The van der Waals surface area contributed by atoms with Crippen LogP contribution in [-0.4, -0.2) is 39.0 Å². The molecule has 9 heteroatoms. The minimum absolute atomic E-state index is 0. The molecular weight excluding hydrogens is 607 g/mol. The van der Waals surface area contributed by atoms with Crippen LogP contribution in [0, 0.1) is 12.7 Å². The predicted molar refractivity (Wildman–Crippen MR) is 123 cm³/mol. The first-order chi connectivity index (χ1) is 16.1. The molecule has 0 saturated heterocycles. The van der Waals surface area contributed by atoms with Crippen LogP contribution >= 0.6 is 0 Å². The van der Waals surface area contributed by atoms with Gasteiger partial charge in [0.1, 0.15) is 0 Å². The molecule has 6 rings (SSSR count). The van der Waals surface area contributed by atoms with Crippen molar-refractivity contribution >= 4 is 22.3 Å². The van der Waals surface area contributed by atoms with Crippen LogP contribution < -0.4 is 0 Å². The summed E-state index contributed by atoms with van der Waals surface area (Å²) in [5, 5.41) is 0. The summed E-state index contributed by atoms with van der Waals surface area (Å²) in [5.74, 6) is 1.46. The number of pyridine rings is 4. The summed E-state index contributed by atoms with van der Waals surface area (Å²) in [6, 6.07) is 19.5. The van der Waals surface area contributed by atoms with Crippen LogP contribution in [0.4, 0.5) is 0 Å². The molecule has 0 unspecified atom stereocenters. The molecule has 0 N–H and O–H groups in total. The Hall–Kier alpha value is -3.77. The summed E-state index contributed by atoms with van der Waals surface area (Å²) < 4.78 is 3.65. The normalized spacial score (nSPS) is 11.6. The minimum atomic E-state index is -0.463. The van der Waals surface area contributed by atoms with Crippen molar-refractivity contribution in [2.75, 3.05) is 0 Å². The van der Waals surface area contributed by atoms with E-state index in [0.29, 0.717) is 11.3 Å². The topological polar surface area (TPSA) is 87.2 Å². The molecule has 0 aliphatic rings. The Labute approximate surface area is 210 Å². The predicted octanol–water partition coefficient (Wildman–Crippen LogP) is 3.87.